The Kier molecular flexibility index (Phi) is 6.21. The Balaban J connectivity index is 1.54. The molecule has 2 saturated carbocycles. The van der Waals surface area contributed by atoms with E-state index in [4.69, 9.17) is 4.74 Å². The van der Waals surface area contributed by atoms with Gasteiger partial charge in [0.25, 0.3) is 5.56 Å². The molecule has 2 aliphatic carbocycles. The molecule has 8 heteroatoms. The van der Waals surface area contributed by atoms with Gasteiger partial charge in [-0.3, -0.25) is 4.79 Å². The van der Waals surface area contributed by atoms with Gasteiger partial charge in [0.05, 0.1) is 13.2 Å². The zero-order chi connectivity index (χ0) is 21.9. The predicted molar refractivity (Wildman–Crippen MR) is 123 cm³/mol. The third kappa shape index (κ3) is 4.28. The summed E-state index contributed by atoms with van der Waals surface area (Å²) in [7, 11) is 1.65. The normalized spacial score (nSPS) is 18.9. The third-order valence-corrected chi connectivity index (χ3v) is 7.17. The number of benzene rings is 1. The minimum absolute atomic E-state index is 0.107. The fourth-order valence-corrected chi connectivity index (χ4v) is 5.36. The summed E-state index contributed by atoms with van der Waals surface area (Å²) >= 11 is 0. The first-order chi connectivity index (χ1) is 15.7. The van der Waals surface area contributed by atoms with E-state index in [9.17, 15) is 4.79 Å². The number of pyridine rings is 1. The van der Waals surface area contributed by atoms with Gasteiger partial charge in [-0.1, -0.05) is 32.1 Å². The van der Waals surface area contributed by atoms with E-state index in [0.717, 1.165) is 41.9 Å². The van der Waals surface area contributed by atoms with Crippen LogP contribution in [0.1, 0.15) is 81.3 Å². The summed E-state index contributed by atoms with van der Waals surface area (Å²) < 4.78 is 7.35. The van der Waals surface area contributed by atoms with Crippen LogP contribution >= 0.6 is 0 Å². The molecular formula is C24H32N6O2. The van der Waals surface area contributed by atoms with Gasteiger partial charge in [-0.2, -0.15) is 0 Å². The minimum Gasteiger partial charge on any atom is -0.497 e. The zero-order valence-electron chi connectivity index (χ0n) is 18.7. The molecule has 1 aromatic carbocycles. The monoisotopic (exact) mass is 436 g/mol. The second-order valence-corrected chi connectivity index (χ2v) is 9.27. The summed E-state index contributed by atoms with van der Waals surface area (Å²) in [6.07, 6.45) is 10.9. The molecule has 0 radical (unpaired) electrons. The number of methoxy groups -OCH3 is 1. The Bertz CT molecular complexity index is 1110. The summed E-state index contributed by atoms with van der Waals surface area (Å²) in [5.41, 5.74) is 1.33. The van der Waals surface area contributed by atoms with Gasteiger partial charge in [0, 0.05) is 16.5 Å². The van der Waals surface area contributed by atoms with Crippen LogP contribution < -0.4 is 15.6 Å². The number of ether oxygens (including phenoxy) is 1. The molecule has 32 heavy (non-hydrogen) atoms. The average molecular weight is 437 g/mol. The highest BCUT2D eigenvalue weighted by atomic mass is 16.5. The zero-order valence-corrected chi connectivity index (χ0v) is 18.7. The topological polar surface area (TPSA) is 97.7 Å². The maximum atomic E-state index is 13.2. The Labute approximate surface area is 187 Å². The fraction of sp³-hybridized carbons (Fsp3) is 0.583. The van der Waals surface area contributed by atoms with Crippen molar-refractivity contribution in [2.75, 3.05) is 13.7 Å². The summed E-state index contributed by atoms with van der Waals surface area (Å²) in [6, 6.07) is 7.60. The van der Waals surface area contributed by atoms with E-state index in [1.165, 1.54) is 44.9 Å². The Hall–Kier alpha value is -2.74. The molecule has 2 aromatic heterocycles. The molecule has 0 amide bonds. The van der Waals surface area contributed by atoms with Crippen molar-refractivity contribution in [3.63, 3.8) is 0 Å². The molecule has 2 heterocycles. The highest BCUT2D eigenvalue weighted by molar-refractivity contribution is 5.80. The fourth-order valence-electron chi connectivity index (χ4n) is 5.36. The quantitative estimate of drug-likeness (QED) is 0.583. The Morgan fingerprint density at radius 3 is 2.69 bits per heavy atom. The van der Waals surface area contributed by atoms with Crippen LogP contribution in [0, 0.1) is 5.92 Å². The lowest BCUT2D eigenvalue weighted by Gasteiger charge is -2.26. The van der Waals surface area contributed by atoms with Crippen LogP contribution in [0.25, 0.3) is 10.9 Å². The van der Waals surface area contributed by atoms with Gasteiger partial charge in [0.2, 0.25) is 0 Å². The molecular weight excluding hydrogens is 404 g/mol. The van der Waals surface area contributed by atoms with Gasteiger partial charge in [-0.25, -0.2) is 4.68 Å². The number of nitrogens with one attached hydrogen (secondary N) is 2. The van der Waals surface area contributed by atoms with Crippen LogP contribution in [0.3, 0.4) is 0 Å². The van der Waals surface area contributed by atoms with Gasteiger partial charge >= 0.3 is 0 Å². The van der Waals surface area contributed by atoms with E-state index in [2.05, 4.69) is 25.8 Å². The van der Waals surface area contributed by atoms with Crippen molar-refractivity contribution >= 4 is 10.9 Å². The van der Waals surface area contributed by atoms with Crippen molar-refractivity contribution < 1.29 is 4.74 Å². The Morgan fingerprint density at radius 2 is 1.91 bits per heavy atom. The van der Waals surface area contributed by atoms with Crippen LogP contribution in [0.5, 0.6) is 5.75 Å². The Morgan fingerprint density at radius 1 is 1.12 bits per heavy atom. The van der Waals surface area contributed by atoms with E-state index in [0.29, 0.717) is 17.5 Å². The highest BCUT2D eigenvalue weighted by Crippen LogP contribution is 2.32. The van der Waals surface area contributed by atoms with Crippen molar-refractivity contribution in [3.05, 3.63) is 46.0 Å². The molecule has 0 spiro atoms. The number of hydrogen-bond acceptors (Lipinski definition) is 6. The van der Waals surface area contributed by atoms with Crippen LogP contribution in [0.4, 0.5) is 0 Å². The molecule has 0 aliphatic heterocycles. The van der Waals surface area contributed by atoms with Crippen LogP contribution in [0.2, 0.25) is 0 Å². The molecule has 170 valence electrons. The SMILES string of the molecule is COc1ccc2[nH]c(=O)c(C(NCC3CCCCC3)c3nnnn3C3CCCC3)cc2c1. The lowest BCUT2D eigenvalue weighted by atomic mass is 9.89. The van der Waals surface area contributed by atoms with Gasteiger partial charge in [0.1, 0.15) is 11.8 Å². The van der Waals surface area contributed by atoms with Crippen LogP contribution in [-0.4, -0.2) is 38.8 Å². The smallest absolute Gasteiger partial charge is 0.253 e. The maximum Gasteiger partial charge on any atom is 0.253 e. The summed E-state index contributed by atoms with van der Waals surface area (Å²) in [6.45, 7) is 0.859. The van der Waals surface area contributed by atoms with Gasteiger partial charge in [-0.15, -0.1) is 5.10 Å². The highest BCUT2D eigenvalue weighted by Gasteiger charge is 2.29. The third-order valence-electron chi connectivity index (χ3n) is 7.17. The first-order valence-electron chi connectivity index (χ1n) is 11.9. The number of hydrogen-bond donors (Lipinski definition) is 2. The molecule has 8 nitrogen and oxygen atoms in total. The minimum atomic E-state index is -0.355. The molecule has 3 aromatic rings. The van der Waals surface area contributed by atoms with Gasteiger partial charge < -0.3 is 15.0 Å². The molecule has 2 fully saturated rings. The molecule has 5 rings (SSSR count). The molecule has 1 atom stereocenters. The second kappa shape index (κ2) is 9.40. The number of tetrazole rings is 1. The molecule has 1 unspecified atom stereocenters. The van der Waals surface area contributed by atoms with Crippen molar-refractivity contribution in [1.82, 2.24) is 30.5 Å². The van der Waals surface area contributed by atoms with Crippen LogP contribution in [-0.2, 0) is 0 Å². The van der Waals surface area contributed by atoms with Crippen LogP contribution in [0.15, 0.2) is 29.1 Å². The van der Waals surface area contributed by atoms with Crippen molar-refractivity contribution in [3.8, 4) is 5.75 Å². The van der Waals surface area contributed by atoms with Crippen molar-refractivity contribution in [2.45, 2.75) is 69.9 Å². The number of aromatic amines is 1. The largest absolute Gasteiger partial charge is 0.497 e. The van der Waals surface area contributed by atoms with E-state index in [-0.39, 0.29) is 11.6 Å². The molecule has 0 bridgehead atoms. The summed E-state index contributed by atoms with van der Waals surface area (Å²) in [5.74, 6) is 2.13. The number of H-pyrrole nitrogens is 1. The van der Waals surface area contributed by atoms with E-state index >= 15 is 0 Å². The standard InChI is InChI=1S/C24H32N6O2/c1-32-19-11-12-21-17(13-19)14-20(24(31)26-21)22(25-15-16-7-3-2-4-8-16)23-27-28-29-30(23)18-9-5-6-10-18/h11-14,16,18,22,25H,2-10,15H2,1H3,(H,26,31). The van der Waals surface area contributed by atoms with Crippen molar-refractivity contribution in [2.24, 2.45) is 5.92 Å². The molecule has 2 aliphatic rings. The summed E-state index contributed by atoms with van der Waals surface area (Å²) in [5, 5.41) is 17.4. The van der Waals surface area contributed by atoms with Gasteiger partial charge in [0.15, 0.2) is 5.82 Å². The van der Waals surface area contributed by atoms with E-state index < -0.39 is 0 Å². The van der Waals surface area contributed by atoms with E-state index in [1.807, 2.05) is 28.9 Å². The lowest BCUT2D eigenvalue weighted by molar-refractivity contribution is 0.327. The second-order valence-electron chi connectivity index (χ2n) is 9.27. The van der Waals surface area contributed by atoms with Crippen molar-refractivity contribution in [1.29, 1.82) is 0 Å². The molecule has 0 saturated heterocycles. The first-order valence-corrected chi connectivity index (χ1v) is 11.9. The number of aromatic nitrogens is 5. The number of rotatable bonds is 7. The average Bonchev–Trinajstić information content (AvgIpc) is 3.52. The molecule has 2 N–H and O–H groups in total. The number of nitrogens with zero attached hydrogens (tertiary/aromatic N) is 4. The van der Waals surface area contributed by atoms with Gasteiger partial charge in [-0.05, 0) is 72.8 Å². The lowest BCUT2D eigenvalue weighted by Crippen LogP contribution is -2.35. The number of fused-ring (bicyclic) bond motifs is 1. The van der Waals surface area contributed by atoms with E-state index in [1.54, 1.807) is 7.11 Å². The maximum absolute atomic E-state index is 13.2. The summed E-state index contributed by atoms with van der Waals surface area (Å²) in [4.78, 5) is 16.3. The first kappa shape index (κ1) is 21.1. The predicted octanol–water partition coefficient (Wildman–Crippen LogP) is 3.90.